The van der Waals surface area contributed by atoms with Crippen LogP contribution in [0.1, 0.15) is 72.6 Å². The van der Waals surface area contributed by atoms with Crippen LogP contribution in [0.3, 0.4) is 0 Å². The first-order valence-electron chi connectivity index (χ1n) is 8.70. The summed E-state index contributed by atoms with van der Waals surface area (Å²) in [5.74, 6) is 2.23. The van der Waals surface area contributed by atoms with Crippen molar-refractivity contribution < 1.29 is 9.59 Å². The van der Waals surface area contributed by atoms with E-state index < -0.39 is 0 Å². The molecule has 3 nitrogen and oxygen atoms in total. The van der Waals surface area contributed by atoms with Gasteiger partial charge in [0.1, 0.15) is 5.78 Å². The van der Waals surface area contributed by atoms with Gasteiger partial charge in [0.05, 0.1) is 0 Å². The summed E-state index contributed by atoms with van der Waals surface area (Å²) in [4.78, 5) is 23.6. The molecule has 0 saturated heterocycles. The van der Waals surface area contributed by atoms with Crippen LogP contribution in [0.15, 0.2) is 0 Å². The van der Waals surface area contributed by atoms with E-state index in [-0.39, 0.29) is 23.5 Å². The fourth-order valence-electron chi connectivity index (χ4n) is 3.02. The van der Waals surface area contributed by atoms with E-state index in [9.17, 15) is 9.59 Å². The maximum Gasteiger partial charge on any atom is 0.223 e. The molecule has 0 aromatic rings. The lowest BCUT2D eigenvalue weighted by Crippen LogP contribution is -2.34. The van der Waals surface area contributed by atoms with E-state index in [0.29, 0.717) is 13.0 Å². The first-order valence-corrected chi connectivity index (χ1v) is 8.70. The van der Waals surface area contributed by atoms with Crippen molar-refractivity contribution in [3.8, 4) is 0 Å². The Morgan fingerprint density at radius 2 is 1.67 bits per heavy atom. The van der Waals surface area contributed by atoms with Crippen molar-refractivity contribution in [3.05, 3.63) is 0 Å². The van der Waals surface area contributed by atoms with Gasteiger partial charge in [-0.2, -0.15) is 0 Å². The summed E-state index contributed by atoms with van der Waals surface area (Å²) in [5, 5.41) is 2.94. The molecule has 0 radical (unpaired) electrons. The lowest BCUT2D eigenvalue weighted by molar-refractivity contribution is -0.126. The molecule has 1 saturated carbocycles. The van der Waals surface area contributed by atoms with Crippen LogP contribution in [-0.2, 0) is 9.59 Å². The Bertz CT molecular complexity index is 328. The molecule has 0 aromatic heterocycles. The van der Waals surface area contributed by atoms with Gasteiger partial charge in [0.25, 0.3) is 0 Å². The fourth-order valence-corrected chi connectivity index (χ4v) is 3.02. The molecule has 1 aliphatic carbocycles. The highest BCUT2D eigenvalue weighted by Gasteiger charge is 2.26. The van der Waals surface area contributed by atoms with E-state index in [1.54, 1.807) is 0 Å². The van der Waals surface area contributed by atoms with Crippen molar-refractivity contribution in [2.45, 2.75) is 72.6 Å². The Kier molecular flexibility index (Phi) is 7.98. The van der Waals surface area contributed by atoms with E-state index in [1.807, 2.05) is 13.8 Å². The van der Waals surface area contributed by atoms with Crippen LogP contribution >= 0.6 is 0 Å². The molecule has 0 heterocycles. The highest BCUT2D eigenvalue weighted by molar-refractivity contribution is 5.82. The topological polar surface area (TPSA) is 46.2 Å². The van der Waals surface area contributed by atoms with Crippen molar-refractivity contribution in [3.63, 3.8) is 0 Å². The summed E-state index contributed by atoms with van der Waals surface area (Å²) >= 11 is 0. The van der Waals surface area contributed by atoms with Gasteiger partial charge in [-0.1, -0.05) is 40.5 Å². The fraction of sp³-hybridized carbons (Fsp3) is 0.889. The minimum Gasteiger partial charge on any atom is -0.355 e. The first-order chi connectivity index (χ1) is 9.90. The normalized spacial score (nSPS) is 22.6. The summed E-state index contributed by atoms with van der Waals surface area (Å²) in [5.41, 5.74) is 0. The predicted molar refractivity (Wildman–Crippen MR) is 87.0 cm³/mol. The molecule has 0 unspecified atom stereocenters. The number of carbonyl (C=O) groups excluding carboxylic acids is 2. The minimum atomic E-state index is 0.0679. The highest BCUT2D eigenvalue weighted by atomic mass is 16.2. The molecule has 21 heavy (non-hydrogen) atoms. The van der Waals surface area contributed by atoms with Crippen LogP contribution in [-0.4, -0.2) is 18.2 Å². The first kappa shape index (κ1) is 18.2. The molecule has 122 valence electrons. The molecule has 0 spiro atoms. The lowest BCUT2D eigenvalue weighted by Gasteiger charge is -2.28. The van der Waals surface area contributed by atoms with Gasteiger partial charge in [0.2, 0.25) is 5.91 Å². The number of ketones is 1. The van der Waals surface area contributed by atoms with Crippen LogP contribution < -0.4 is 5.32 Å². The summed E-state index contributed by atoms with van der Waals surface area (Å²) in [6.07, 6.45) is 7.51. The maximum absolute atomic E-state index is 12.1. The molecule has 3 heteroatoms. The SMILES string of the molecule is CC(C)CCC1CCC(C(=O)NCCC(=O)C(C)C)CC1. The van der Waals surface area contributed by atoms with Gasteiger partial charge >= 0.3 is 0 Å². The molecule has 1 amide bonds. The quantitative estimate of drug-likeness (QED) is 0.736. The molecular weight excluding hydrogens is 262 g/mol. The predicted octanol–water partition coefficient (Wildman–Crippen LogP) is 3.96. The van der Waals surface area contributed by atoms with Crippen LogP contribution in [0.5, 0.6) is 0 Å². The molecule has 0 bridgehead atoms. The summed E-state index contributed by atoms with van der Waals surface area (Å²) in [7, 11) is 0. The van der Waals surface area contributed by atoms with E-state index >= 15 is 0 Å². The lowest BCUT2D eigenvalue weighted by atomic mass is 9.79. The second-order valence-electron chi connectivity index (χ2n) is 7.35. The number of hydrogen-bond donors (Lipinski definition) is 1. The summed E-state index contributed by atoms with van der Waals surface area (Å²) in [6, 6.07) is 0. The Morgan fingerprint density at radius 1 is 1.05 bits per heavy atom. The zero-order chi connectivity index (χ0) is 15.8. The second-order valence-corrected chi connectivity index (χ2v) is 7.35. The largest absolute Gasteiger partial charge is 0.355 e. The maximum atomic E-state index is 12.1. The van der Waals surface area contributed by atoms with Crippen LogP contribution in [0.4, 0.5) is 0 Å². The van der Waals surface area contributed by atoms with Crippen LogP contribution in [0, 0.1) is 23.7 Å². The van der Waals surface area contributed by atoms with Crippen molar-refractivity contribution in [2.75, 3.05) is 6.54 Å². The molecule has 0 aliphatic heterocycles. The van der Waals surface area contributed by atoms with Gasteiger partial charge in [-0.05, 0) is 37.5 Å². The van der Waals surface area contributed by atoms with Gasteiger partial charge in [-0.25, -0.2) is 0 Å². The minimum absolute atomic E-state index is 0.0679. The van der Waals surface area contributed by atoms with Crippen molar-refractivity contribution >= 4 is 11.7 Å². The molecule has 1 N–H and O–H groups in total. The third kappa shape index (κ3) is 7.10. The van der Waals surface area contributed by atoms with Crippen molar-refractivity contribution in [2.24, 2.45) is 23.7 Å². The molecule has 1 rings (SSSR count). The van der Waals surface area contributed by atoms with Crippen LogP contribution in [0.2, 0.25) is 0 Å². The average molecular weight is 295 g/mol. The van der Waals surface area contributed by atoms with Gasteiger partial charge in [0.15, 0.2) is 0 Å². The van der Waals surface area contributed by atoms with Crippen molar-refractivity contribution in [1.82, 2.24) is 5.32 Å². The Balaban J connectivity index is 2.18. The second kappa shape index (κ2) is 9.22. The third-order valence-corrected chi connectivity index (χ3v) is 4.68. The van der Waals surface area contributed by atoms with E-state index in [4.69, 9.17) is 0 Å². The number of rotatable bonds is 8. The van der Waals surface area contributed by atoms with Gasteiger partial charge < -0.3 is 5.32 Å². The van der Waals surface area contributed by atoms with E-state index in [0.717, 1.165) is 24.7 Å². The number of amides is 1. The van der Waals surface area contributed by atoms with E-state index in [1.165, 1.54) is 25.7 Å². The van der Waals surface area contributed by atoms with Crippen LogP contribution in [0.25, 0.3) is 0 Å². The van der Waals surface area contributed by atoms with Gasteiger partial charge in [-0.15, -0.1) is 0 Å². The highest BCUT2D eigenvalue weighted by Crippen LogP contribution is 2.32. The molecule has 0 aromatic carbocycles. The van der Waals surface area contributed by atoms with Gasteiger partial charge in [0, 0.05) is 24.8 Å². The summed E-state index contributed by atoms with van der Waals surface area (Å²) < 4.78 is 0. The van der Waals surface area contributed by atoms with Crippen molar-refractivity contribution in [1.29, 1.82) is 0 Å². The third-order valence-electron chi connectivity index (χ3n) is 4.68. The monoisotopic (exact) mass is 295 g/mol. The Labute approximate surface area is 130 Å². The zero-order valence-electron chi connectivity index (χ0n) is 14.3. The Hall–Kier alpha value is -0.860. The molecule has 1 aliphatic rings. The zero-order valence-corrected chi connectivity index (χ0v) is 14.3. The van der Waals surface area contributed by atoms with Gasteiger partial charge in [-0.3, -0.25) is 9.59 Å². The molecule has 1 fully saturated rings. The number of Topliss-reactive ketones (excluding diaryl/α,β-unsaturated/α-hetero) is 1. The Morgan fingerprint density at radius 3 is 2.19 bits per heavy atom. The standard InChI is InChI=1S/C18H33NO2/c1-13(2)5-6-15-7-9-16(10-8-15)18(21)19-12-11-17(20)14(3)4/h13-16H,5-12H2,1-4H3,(H,19,21). The average Bonchev–Trinajstić information content (AvgIpc) is 2.45. The van der Waals surface area contributed by atoms with E-state index in [2.05, 4.69) is 19.2 Å². The number of carbonyl (C=O) groups is 2. The number of nitrogens with one attached hydrogen (secondary N) is 1. The summed E-state index contributed by atoms with van der Waals surface area (Å²) in [6.45, 7) is 8.86. The molecular formula is C18H33NO2. The smallest absolute Gasteiger partial charge is 0.223 e. The number of hydrogen-bond acceptors (Lipinski definition) is 2. The molecule has 0 atom stereocenters.